The average molecular weight is 243 g/mol. The third kappa shape index (κ3) is 1.94. The zero-order valence-corrected chi connectivity index (χ0v) is 9.61. The lowest BCUT2D eigenvalue weighted by Gasteiger charge is -2.07. The predicted molar refractivity (Wildman–Crippen MR) is 65.7 cm³/mol. The van der Waals surface area contributed by atoms with E-state index in [-0.39, 0.29) is 23.1 Å². The third-order valence-corrected chi connectivity index (χ3v) is 2.50. The van der Waals surface area contributed by atoms with Crippen molar-refractivity contribution in [3.05, 3.63) is 35.1 Å². The summed E-state index contributed by atoms with van der Waals surface area (Å²) in [5.74, 6) is -0.335. The van der Waals surface area contributed by atoms with Crippen LogP contribution < -0.4 is 11.5 Å². The van der Waals surface area contributed by atoms with Crippen molar-refractivity contribution in [3.8, 4) is 17.3 Å². The molecule has 4 N–H and O–H groups in total. The molecule has 0 amide bonds. The lowest BCUT2D eigenvalue weighted by Crippen LogP contribution is -2.05. The van der Waals surface area contributed by atoms with Crippen LogP contribution in [-0.2, 0) is 0 Å². The summed E-state index contributed by atoms with van der Waals surface area (Å²) in [5.41, 5.74) is 12.6. The van der Waals surface area contributed by atoms with E-state index in [1.54, 1.807) is 13.0 Å². The van der Waals surface area contributed by atoms with E-state index in [0.29, 0.717) is 16.8 Å². The van der Waals surface area contributed by atoms with E-state index in [9.17, 15) is 4.39 Å². The minimum Gasteiger partial charge on any atom is -0.382 e. The molecule has 0 aliphatic carbocycles. The minimum atomic E-state index is -0.327. The molecule has 0 saturated heterocycles. The number of nitrogens with two attached hydrogens (primary N) is 2. The quantitative estimate of drug-likeness (QED) is 0.792. The number of aryl methyl sites for hydroxylation is 1. The summed E-state index contributed by atoms with van der Waals surface area (Å²) in [7, 11) is 0. The van der Waals surface area contributed by atoms with Gasteiger partial charge in [0.2, 0.25) is 5.95 Å². The van der Waals surface area contributed by atoms with E-state index in [4.69, 9.17) is 16.7 Å². The number of aromatic nitrogens is 2. The molecule has 0 aliphatic heterocycles. The smallest absolute Gasteiger partial charge is 0.222 e. The second-order valence-electron chi connectivity index (χ2n) is 3.77. The highest BCUT2D eigenvalue weighted by Gasteiger charge is 2.13. The molecular formula is C12H10FN5. The minimum absolute atomic E-state index is 0.0157. The first-order valence-electron chi connectivity index (χ1n) is 5.12. The van der Waals surface area contributed by atoms with Crippen LogP contribution in [-0.4, -0.2) is 9.97 Å². The van der Waals surface area contributed by atoms with Crippen LogP contribution in [0.5, 0.6) is 0 Å². The Morgan fingerprint density at radius 1 is 1.28 bits per heavy atom. The number of nitrogen functional groups attached to an aromatic ring is 2. The molecule has 0 unspecified atom stereocenters. The molecule has 0 bridgehead atoms. The highest BCUT2D eigenvalue weighted by molar-refractivity contribution is 5.73. The fraction of sp³-hybridized carbons (Fsp3) is 0.0833. The van der Waals surface area contributed by atoms with Gasteiger partial charge in [-0.3, -0.25) is 0 Å². The Kier molecular flexibility index (Phi) is 2.81. The summed E-state index contributed by atoms with van der Waals surface area (Å²) in [4.78, 5) is 7.71. The van der Waals surface area contributed by atoms with Gasteiger partial charge in [0, 0.05) is 5.56 Å². The van der Waals surface area contributed by atoms with Gasteiger partial charge in [-0.25, -0.2) is 9.37 Å². The molecule has 0 radical (unpaired) electrons. The van der Waals surface area contributed by atoms with Crippen LogP contribution in [0.3, 0.4) is 0 Å². The largest absolute Gasteiger partial charge is 0.382 e. The molecular weight excluding hydrogens is 233 g/mol. The number of halogens is 1. The molecule has 0 spiro atoms. The molecule has 2 aromatic rings. The van der Waals surface area contributed by atoms with Gasteiger partial charge in [-0.2, -0.15) is 10.2 Å². The van der Waals surface area contributed by atoms with E-state index in [1.165, 1.54) is 12.1 Å². The standard InChI is InChI=1S/C12H10FN5/c1-6-4-7(2-3-9(6)13)10-8(5-14)11(15)18-12(16)17-10/h2-4H,1H3,(H4,15,16,17,18). The molecule has 90 valence electrons. The van der Waals surface area contributed by atoms with Crippen LogP contribution in [0.1, 0.15) is 11.1 Å². The summed E-state index contributed by atoms with van der Waals surface area (Å²) < 4.78 is 13.2. The normalized spacial score (nSPS) is 10.1. The predicted octanol–water partition coefficient (Wildman–Crippen LogP) is 1.63. The van der Waals surface area contributed by atoms with Gasteiger partial charge >= 0.3 is 0 Å². The molecule has 0 atom stereocenters. The Hall–Kier alpha value is -2.68. The number of nitrogens with zero attached hydrogens (tertiary/aromatic N) is 3. The molecule has 1 aromatic carbocycles. The zero-order valence-electron chi connectivity index (χ0n) is 9.61. The van der Waals surface area contributed by atoms with Gasteiger partial charge in [-0.1, -0.05) is 0 Å². The number of nitriles is 1. The van der Waals surface area contributed by atoms with E-state index >= 15 is 0 Å². The molecule has 0 aliphatic rings. The van der Waals surface area contributed by atoms with Gasteiger partial charge in [0.15, 0.2) is 0 Å². The summed E-state index contributed by atoms with van der Waals surface area (Å²) >= 11 is 0. The topological polar surface area (TPSA) is 102 Å². The number of anilines is 2. The zero-order chi connectivity index (χ0) is 13.3. The average Bonchev–Trinajstić information content (AvgIpc) is 2.32. The second-order valence-corrected chi connectivity index (χ2v) is 3.77. The van der Waals surface area contributed by atoms with Crippen molar-refractivity contribution >= 4 is 11.8 Å². The maximum absolute atomic E-state index is 13.2. The summed E-state index contributed by atoms with van der Waals surface area (Å²) in [5, 5.41) is 9.05. The van der Waals surface area contributed by atoms with Gasteiger partial charge in [0.1, 0.15) is 23.3 Å². The number of hydrogen-bond donors (Lipinski definition) is 2. The van der Waals surface area contributed by atoms with Crippen molar-refractivity contribution in [1.82, 2.24) is 9.97 Å². The fourth-order valence-electron chi connectivity index (χ4n) is 1.61. The molecule has 1 aromatic heterocycles. The first kappa shape index (κ1) is 11.8. The third-order valence-electron chi connectivity index (χ3n) is 2.50. The Morgan fingerprint density at radius 3 is 2.61 bits per heavy atom. The Bertz CT molecular complexity index is 660. The molecule has 18 heavy (non-hydrogen) atoms. The number of hydrogen-bond acceptors (Lipinski definition) is 5. The van der Waals surface area contributed by atoms with Crippen molar-refractivity contribution in [2.45, 2.75) is 6.92 Å². The van der Waals surface area contributed by atoms with E-state index in [2.05, 4.69) is 9.97 Å². The SMILES string of the molecule is Cc1cc(-c2nc(N)nc(N)c2C#N)ccc1F. The number of benzene rings is 1. The first-order chi connectivity index (χ1) is 8.52. The molecule has 5 nitrogen and oxygen atoms in total. The molecule has 0 fully saturated rings. The second kappa shape index (κ2) is 4.30. The first-order valence-corrected chi connectivity index (χ1v) is 5.12. The van der Waals surface area contributed by atoms with Gasteiger partial charge in [-0.05, 0) is 30.7 Å². The summed E-state index contributed by atoms with van der Waals surface area (Å²) in [6.45, 7) is 1.62. The molecule has 1 heterocycles. The van der Waals surface area contributed by atoms with E-state index < -0.39 is 0 Å². The lowest BCUT2D eigenvalue weighted by molar-refractivity contribution is 0.619. The van der Waals surface area contributed by atoms with Crippen molar-refractivity contribution in [3.63, 3.8) is 0 Å². The fourth-order valence-corrected chi connectivity index (χ4v) is 1.61. The van der Waals surface area contributed by atoms with E-state index in [0.717, 1.165) is 0 Å². The van der Waals surface area contributed by atoms with Gasteiger partial charge < -0.3 is 11.5 Å². The van der Waals surface area contributed by atoms with Gasteiger partial charge in [0.05, 0.1) is 5.69 Å². The Morgan fingerprint density at radius 2 is 2.00 bits per heavy atom. The molecule has 2 rings (SSSR count). The van der Waals surface area contributed by atoms with Gasteiger partial charge in [0.25, 0.3) is 0 Å². The summed E-state index contributed by atoms with van der Waals surface area (Å²) in [6.07, 6.45) is 0. The van der Waals surface area contributed by atoms with Crippen molar-refractivity contribution in [2.75, 3.05) is 11.5 Å². The Balaban J connectivity index is 2.70. The molecule has 0 saturated carbocycles. The number of rotatable bonds is 1. The molecule has 6 heteroatoms. The Labute approximate surface area is 103 Å². The van der Waals surface area contributed by atoms with Crippen molar-refractivity contribution < 1.29 is 4.39 Å². The van der Waals surface area contributed by atoms with Crippen LogP contribution in [0, 0.1) is 24.1 Å². The van der Waals surface area contributed by atoms with Crippen LogP contribution >= 0.6 is 0 Å². The van der Waals surface area contributed by atoms with E-state index in [1.807, 2.05) is 6.07 Å². The van der Waals surface area contributed by atoms with Crippen molar-refractivity contribution in [2.24, 2.45) is 0 Å². The van der Waals surface area contributed by atoms with Crippen LogP contribution in [0.15, 0.2) is 18.2 Å². The van der Waals surface area contributed by atoms with Crippen molar-refractivity contribution in [1.29, 1.82) is 5.26 Å². The van der Waals surface area contributed by atoms with Crippen LogP contribution in [0.4, 0.5) is 16.2 Å². The monoisotopic (exact) mass is 243 g/mol. The highest BCUT2D eigenvalue weighted by Crippen LogP contribution is 2.26. The van der Waals surface area contributed by atoms with Crippen LogP contribution in [0.2, 0.25) is 0 Å². The maximum atomic E-state index is 13.2. The van der Waals surface area contributed by atoms with Gasteiger partial charge in [-0.15, -0.1) is 0 Å². The lowest BCUT2D eigenvalue weighted by atomic mass is 10.0. The maximum Gasteiger partial charge on any atom is 0.222 e. The van der Waals surface area contributed by atoms with Crippen LogP contribution in [0.25, 0.3) is 11.3 Å². The highest BCUT2D eigenvalue weighted by atomic mass is 19.1. The summed E-state index contributed by atoms with van der Waals surface area (Å²) in [6, 6.07) is 6.33.